The van der Waals surface area contributed by atoms with Crippen LogP contribution in [0.1, 0.15) is 31.2 Å². The summed E-state index contributed by atoms with van der Waals surface area (Å²) in [4.78, 5) is 27.7. The molecule has 1 aliphatic heterocycles. The van der Waals surface area contributed by atoms with Crippen LogP contribution in [0.25, 0.3) is 11.1 Å². The van der Waals surface area contributed by atoms with Crippen LogP contribution in [0.2, 0.25) is 0 Å². The Morgan fingerprint density at radius 2 is 1.68 bits per heavy atom. The van der Waals surface area contributed by atoms with Gasteiger partial charge in [0.15, 0.2) is 5.60 Å². The molecule has 0 bridgehead atoms. The maximum Gasteiger partial charge on any atom is 0.254 e. The van der Waals surface area contributed by atoms with E-state index < -0.39 is 5.60 Å². The summed E-state index contributed by atoms with van der Waals surface area (Å²) in [6.07, 6.45) is 4.45. The lowest BCUT2D eigenvalue weighted by atomic mass is 9.90. The van der Waals surface area contributed by atoms with E-state index in [1.807, 2.05) is 29.2 Å². The minimum absolute atomic E-state index is 0.0791. The highest BCUT2D eigenvalue weighted by Gasteiger charge is 2.45. The number of hydrogen-bond acceptors (Lipinski definition) is 3. The molecule has 1 saturated heterocycles. The molecular formula is C25H29FN2O3. The van der Waals surface area contributed by atoms with Crippen molar-refractivity contribution >= 4 is 11.8 Å². The molecule has 0 radical (unpaired) electrons. The summed E-state index contributed by atoms with van der Waals surface area (Å²) < 4.78 is 19.2. The second-order valence-electron chi connectivity index (χ2n) is 8.54. The van der Waals surface area contributed by atoms with Gasteiger partial charge < -0.3 is 15.0 Å². The summed E-state index contributed by atoms with van der Waals surface area (Å²) in [5, 5.41) is 2.73. The minimum atomic E-state index is -1.10. The number of benzene rings is 2. The van der Waals surface area contributed by atoms with E-state index in [1.165, 1.54) is 12.1 Å². The summed E-state index contributed by atoms with van der Waals surface area (Å²) in [6, 6.07) is 14.2. The fraction of sp³-hybridized carbons (Fsp3) is 0.440. The SMILES string of the molecule is CNC(=O)[C@]1(Cc2ccc(-c3ccc(F)cc3)cc2)CN(C(=O)C2CCCC2)CCO1. The van der Waals surface area contributed by atoms with E-state index in [9.17, 15) is 14.0 Å². The molecule has 164 valence electrons. The summed E-state index contributed by atoms with van der Waals surface area (Å²) in [7, 11) is 1.60. The summed E-state index contributed by atoms with van der Waals surface area (Å²) in [6.45, 7) is 1.14. The van der Waals surface area contributed by atoms with Gasteiger partial charge in [0.2, 0.25) is 5.91 Å². The number of carbonyl (C=O) groups is 2. The molecule has 6 heteroatoms. The predicted molar refractivity (Wildman–Crippen MR) is 117 cm³/mol. The zero-order chi connectivity index (χ0) is 21.8. The Morgan fingerprint density at radius 3 is 2.29 bits per heavy atom. The highest BCUT2D eigenvalue weighted by molar-refractivity contribution is 5.87. The normalized spacial score (nSPS) is 21.8. The van der Waals surface area contributed by atoms with E-state index in [4.69, 9.17) is 4.74 Å². The van der Waals surface area contributed by atoms with Crippen LogP contribution in [0.5, 0.6) is 0 Å². The molecule has 2 aromatic carbocycles. The van der Waals surface area contributed by atoms with Crippen molar-refractivity contribution < 1.29 is 18.7 Å². The van der Waals surface area contributed by atoms with E-state index in [1.54, 1.807) is 19.2 Å². The van der Waals surface area contributed by atoms with E-state index in [0.717, 1.165) is 42.4 Å². The first-order valence-electron chi connectivity index (χ1n) is 11.0. The molecular weight excluding hydrogens is 395 g/mol. The fourth-order valence-corrected chi connectivity index (χ4v) is 4.74. The molecule has 4 rings (SSSR count). The zero-order valence-corrected chi connectivity index (χ0v) is 17.9. The highest BCUT2D eigenvalue weighted by Crippen LogP contribution is 2.30. The van der Waals surface area contributed by atoms with Crippen LogP contribution in [0.15, 0.2) is 48.5 Å². The van der Waals surface area contributed by atoms with Crippen LogP contribution in [0, 0.1) is 11.7 Å². The summed E-state index contributed by atoms with van der Waals surface area (Å²) >= 11 is 0. The quantitative estimate of drug-likeness (QED) is 0.798. The third-order valence-corrected chi connectivity index (χ3v) is 6.46. The Kier molecular flexibility index (Phi) is 6.37. The van der Waals surface area contributed by atoms with Crippen molar-refractivity contribution in [2.75, 3.05) is 26.7 Å². The molecule has 1 N–H and O–H groups in total. The second-order valence-corrected chi connectivity index (χ2v) is 8.54. The number of ether oxygens (including phenoxy) is 1. The first-order chi connectivity index (χ1) is 15.0. The van der Waals surface area contributed by atoms with E-state index in [2.05, 4.69) is 5.32 Å². The van der Waals surface area contributed by atoms with Crippen LogP contribution < -0.4 is 5.32 Å². The lowest BCUT2D eigenvalue weighted by Crippen LogP contribution is -2.62. The Balaban J connectivity index is 1.53. The van der Waals surface area contributed by atoms with Crippen LogP contribution in [-0.4, -0.2) is 49.1 Å². The maximum atomic E-state index is 13.2. The van der Waals surface area contributed by atoms with Gasteiger partial charge in [0.1, 0.15) is 5.82 Å². The lowest BCUT2D eigenvalue weighted by Gasteiger charge is -2.42. The average Bonchev–Trinajstić information content (AvgIpc) is 3.34. The highest BCUT2D eigenvalue weighted by atomic mass is 19.1. The number of hydrogen-bond donors (Lipinski definition) is 1. The second kappa shape index (κ2) is 9.18. The molecule has 2 fully saturated rings. The number of likely N-dealkylation sites (N-methyl/N-ethyl adjacent to an activating group) is 1. The van der Waals surface area contributed by atoms with Crippen LogP contribution >= 0.6 is 0 Å². The van der Waals surface area contributed by atoms with Crippen molar-refractivity contribution in [3.8, 4) is 11.1 Å². The summed E-state index contributed by atoms with van der Waals surface area (Å²) in [5.41, 5.74) is 1.75. The predicted octanol–water partition coefficient (Wildman–Crippen LogP) is 3.57. The Hall–Kier alpha value is -2.73. The number of morpholine rings is 1. The van der Waals surface area contributed by atoms with Gasteiger partial charge in [-0.2, -0.15) is 0 Å². The molecule has 0 unspecified atom stereocenters. The molecule has 1 atom stereocenters. The topological polar surface area (TPSA) is 58.6 Å². The molecule has 1 aliphatic carbocycles. The van der Waals surface area contributed by atoms with Gasteiger partial charge in [0.05, 0.1) is 13.2 Å². The van der Waals surface area contributed by atoms with Crippen LogP contribution in [-0.2, 0) is 20.7 Å². The lowest BCUT2D eigenvalue weighted by molar-refractivity contribution is -0.167. The number of halogens is 1. The van der Waals surface area contributed by atoms with Crippen molar-refractivity contribution in [3.63, 3.8) is 0 Å². The third kappa shape index (κ3) is 4.64. The Labute approximate surface area is 182 Å². The first kappa shape index (κ1) is 21.5. The molecule has 0 aromatic heterocycles. The number of nitrogens with one attached hydrogen (secondary N) is 1. The van der Waals surface area contributed by atoms with Gasteiger partial charge in [-0.05, 0) is 41.7 Å². The Bertz CT molecular complexity index is 923. The average molecular weight is 425 g/mol. The molecule has 1 saturated carbocycles. The van der Waals surface area contributed by atoms with Gasteiger partial charge in [0.25, 0.3) is 5.91 Å². The Morgan fingerprint density at radius 1 is 1.06 bits per heavy atom. The van der Waals surface area contributed by atoms with Gasteiger partial charge in [-0.25, -0.2) is 4.39 Å². The minimum Gasteiger partial charge on any atom is -0.361 e. The van der Waals surface area contributed by atoms with Crippen molar-refractivity contribution in [1.82, 2.24) is 10.2 Å². The van der Waals surface area contributed by atoms with E-state index >= 15 is 0 Å². The molecule has 31 heavy (non-hydrogen) atoms. The third-order valence-electron chi connectivity index (χ3n) is 6.46. The number of carbonyl (C=O) groups excluding carboxylic acids is 2. The largest absolute Gasteiger partial charge is 0.361 e. The van der Waals surface area contributed by atoms with Crippen LogP contribution in [0.4, 0.5) is 4.39 Å². The van der Waals surface area contributed by atoms with Crippen molar-refractivity contribution in [2.45, 2.75) is 37.7 Å². The number of nitrogens with zero attached hydrogens (tertiary/aromatic N) is 1. The van der Waals surface area contributed by atoms with Gasteiger partial charge in [0, 0.05) is 25.9 Å². The fourth-order valence-electron chi connectivity index (χ4n) is 4.74. The first-order valence-corrected chi connectivity index (χ1v) is 11.0. The summed E-state index contributed by atoms with van der Waals surface area (Å²) in [5.74, 6) is -0.241. The molecule has 1 heterocycles. The molecule has 2 aliphatic rings. The van der Waals surface area contributed by atoms with E-state index in [-0.39, 0.29) is 30.1 Å². The number of amides is 2. The van der Waals surface area contributed by atoms with Crippen molar-refractivity contribution in [1.29, 1.82) is 0 Å². The smallest absolute Gasteiger partial charge is 0.254 e. The van der Waals surface area contributed by atoms with Gasteiger partial charge in [-0.3, -0.25) is 9.59 Å². The van der Waals surface area contributed by atoms with Crippen LogP contribution in [0.3, 0.4) is 0 Å². The molecule has 2 aromatic rings. The number of rotatable bonds is 5. The molecule has 0 spiro atoms. The van der Waals surface area contributed by atoms with Crippen molar-refractivity contribution in [2.24, 2.45) is 5.92 Å². The standard InChI is InChI=1S/C25H29FN2O3/c1-27-24(30)25(17-28(14-15-31-25)23(29)21-4-2-3-5-21)16-18-6-8-19(9-7-18)20-10-12-22(26)13-11-20/h6-13,21H,2-5,14-17H2,1H3,(H,27,30)/t25-/m0/s1. The molecule has 5 nitrogen and oxygen atoms in total. The van der Waals surface area contributed by atoms with Crippen molar-refractivity contribution in [3.05, 3.63) is 59.9 Å². The zero-order valence-electron chi connectivity index (χ0n) is 17.9. The van der Waals surface area contributed by atoms with E-state index in [0.29, 0.717) is 19.6 Å². The maximum absolute atomic E-state index is 13.2. The molecule has 2 amide bonds. The van der Waals surface area contributed by atoms with Gasteiger partial charge in [-0.15, -0.1) is 0 Å². The van der Waals surface area contributed by atoms with Gasteiger partial charge >= 0.3 is 0 Å². The monoisotopic (exact) mass is 424 g/mol. The van der Waals surface area contributed by atoms with Gasteiger partial charge in [-0.1, -0.05) is 49.2 Å².